The third-order valence-electron chi connectivity index (χ3n) is 5.08. The van der Waals surface area contributed by atoms with Gasteiger partial charge in [-0.2, -0.15) is 0 Å². The van der Waals surface area contributed by atoms with Gasteiger partial charge in [0.1, 0.15) is 0 Å². The second-order valence-corrected chi connectivity index (χ2v) is 7.68. The molecule has 0 amide bonds. The average Bonchev–Trinajstić information content (AvgIpc) is 3.10. The lowest BCUT2D eigenvalue weighted by molar-refractivity contribution is 0.239. The van der Waals surface area contributed by atoms with Crippen LogP contribution in [0.5, 0.6) is 11.5 Å². The summed E-state index contributed by atoms with van der Waals surface area (Å²) in [7, 11) is 3.43. The van der Waals surface area contributed by atoms with Gasteiger partial charge in [-0.1, -0.05) is 18.2 Å². The van der Waals surface area contributed by atoms with Crippen LogP contribution in [0.4, 0.5) is 0 Å². The van der Waals surface area contributed by atoms with E-state index in [2.05, 4.69) is 47.4 Å². The minimum atomic E-state index is 0.427. The monoisotopic (exact) mass is 341 g/mol. The molecule has 0 bridgehead atoms. The number of ether oxygens (including phenoxy) is 2. The maximum Gasteiger partial charge on any atom is 0.161 e. The summed E-state index contributed by atoms with van der Waals surface area (Å²) in [5.41, 5.74) is 2.83. The zero-order chi connectivity index (χ0) is 16.5. The van der Waals surface area contributed by atoms with Gasteiger partial charge in [-0.3, -0.25) is 4.90 Å². The quantitative estimate of drug-likeness (QED) is 0.804. The zero-order valence-corrected chi connectivity index (χ0v) is 15.0. The summed E-state index contributed by atoms with van der Waals surface area (Å²) in [5, 5.41) is 0.427. The number of fused-ring (bicyclic) bond motifs is 3. The molecule has 2 aliphatic heterocycles. The van der Waals surface area contributed by atoms with Crippen molar-refractivity contribution in [3.63, 3.8) is 0 Å². The van der Waals surface area contributed by atoms with E-state index in [1.165, 1.54) is 35.4 Å². The molecule has 0 radical (unpaired) electrons. The highest BCUT2D eigenvalue weighted by molar-refractivity contribution is 7.99. The lowest BCUT2D eigenvalue weighted by Gasteiger charge is -2.37. The normalized spacial score (nSPS) is 22.8. The van der Waals surface area contributed by atoms with E-state index >= 15 is 0 Å². The van der Waals surface area contributed by atoms with E-state index in [9.17, 15) is 0 Å². The van der Waals surface area contributed by atoms with Gasteiger partial charge in [-0.25, -0.2) is 0 Å². The predicted octanol–water partition coefficient (Wildman–Crippen LogP) is 4.69. The largest absolute Gasteiger partial charge is 0.493 e. The van der Waals surface area contributed by atoms with Gasteiger partial charge in [0.15, 0.2) is 11.5 Å². The van der Waals surface area contributed by atoms with Gasteiger partial charge >= 0.3 is 0 Å². The highest BCUT2D eigenvalue weighted by Gasteiger charge is 2.37. The molecule has 1 unspecified atom stereocenters. The number of methoxy groups -OCH3 is 2. The summed E-state index contributed by atoms with van der Waals surface area (Å²) in [5.74, 6) is 1.68. The van der Waals surface area contributed by atoms with E-state index in [0.29, 0.717) is 11.3 Å². The number of thioether (sulfide) groups is 1. The third-order valence-corrected chi connectivity index (χ3v) is 6.31. The number of benzene rings is 2. The van der Waals surface area contributed by atoms with Gasteiger partial charge in [0.05, 0.1) is 14.2 Å². The van der Waals surface area contributed by atoms with Crippen LogP contribution in [0.2, 0.25) is 0 Å². The van der Waals surface area contributed by atoms with Gasteiger partial charge in [0.2, 0.25) is 0 Å². The van der Waals surface area contributed by atoms with Crippen LogP contribution in [0.15, 0.2) is 47.4 Å². The first-order valence-corrected chi connectivity index (χ1v) is 9.39. The Morgan fingerprint density at radius 2 is 1.71 bits per heavy atom. The molecule has 1 fully saturated rings. The molecule has 126 valence electrons. The molecule has 2 aromatic rings. The fraction of sp³-hybridized carbons (Fsp3) is 0.400. The second-order valence-electron chi connectivity index (χ2n) is 6.41. The van der Waals surface area contributed by atoms with E-state index < -0.39 is 0 Å². The number of hydrogen-bond donors (Lipinski definition) is 0. The lowest BCUT2D eigenvalue weighted by atomic mass is 9.92. The predicted molar refractivity (Wildman–Crippen MR) is 98.1 cm³/mol. The summed E-state index contributed by atoms with van der Waals surface area (Å²) in [4.78, 5) is 3.95. The van der Waals surface area contributed by atoms with Gasteiger partial charge in [0.25, 0.3) is 0 Å². The van der Waals surface area contributed by atoms with Crippen molar-refractivity contribution in [2.24, 2.45) is 0 Å². The van der Waals surface area contributed by atoms with Crippen molar-refractivity contribution in [1.29, 1.82) is 0 Å². The van der Waals surface area contributed by atoms with Crippen LogP contribution in [0.3, 0.4) is 0 Å². The van der Waals surface area contributed by atoms with E-state index in [4.69, 9.17) is 9.47 Å². The van der Waals surface area contributed by atoms with Crippen molar-refractivity contribution in [2.75, 3.05) is 27.3 Å². The van der Waals surface area contributed by atoms with Crippen LogP contribution in [0.25, 0.3) is 0 Å². The topological polar surface area (TPSA) is 21.7 Å². The van der Waals surface area contributed by atoms with Gasteiger partial charge < -0.3 is 9.47 Å². The zero-order valence-electron chi connectivity index (χ0n) is 14.2. The molecule has 2 aliphatic rings. The first-order chi connectivity index (χ1) is 11.8. The summed E-state index contributed by atoms with van der Waals surface area (Å²) < 4.78 is 11.1. The fourth-order valence-electron chi connectivity index (χ4n) is 3.95. The maximum atomic E-state index is 5.56. The molecule has 4 heteroatoms. The first kappa shape index (κ1) is 15.9. The van der Waals surface area contributed by atoms with Crippen LogP contribution in [-0.2, 0) is 0 Å². The maximum absolute atomic E-state index is 5.56. The van der Waals surface area contributed by atoms with Gasteiger partial charge in [-0.05, 0) is 54.8 Å². The van der Waals surface area contributed by atoms with E-state index in [0.717, 1.165) is 18.0 Å². The van der Waals surface area contributed by atoms with Crippen molar-refractivity contribution in [3.05, 3.63) is 53.6 Å². The number of nitrogens with zero attached hydrogens (tertiary/aromatic N) is 1. The minimum absolute atomic E-state index is 0.427. The van der Waals surface area contributed by atoms with Crippen molar-refractivity contribution >= 4 is 11.8 Å². The van der Waals surface area contributed by atoms with Crippen LogP contribution in [0.1, 0.15) is 35.3 Å². The molecule has 0 aromatic heterocycles. The Labute approximate surface area is 148 Å². The molecule has 3 nitrogen and oxygen atoms in total. The van der Waals surface area contributed by atoms with Crippen LogP contribution in [0, 0.1) is 0 Å². The minimum Gasteiger partial charge on any atom is -0.493 e. The molecule has 0 aliphatic carbocycles. The molecule has 4 rings (SSSR count). The third kappa shape index (κ3) is 2.78. The van der Waals surface area contributed by atoms with Crippen molar-refractivity contribution in [2.45, 2.75) is 29.0 Å². The highest BCUT2D eigenvalue weighted by Crippen LogP contribution is 2.50. The SMILES string of the molecule is COc1cc2c(cc1OC)[C@@H]1CCCN1CC2Sc1ccccc1. The van der Waals surface area contributed by atoms with Crippen LogP contribution >= 0.6 is 11.8 Å². The fourth-order valence-corrected chi connectivity index (χ4v) is 5.19. The molecular weight excluding hydrogens is 318 g/mol. The van der Waals surface area contributed by atoms with Crippen molar-refractivity contribution in [3.8, 4) is 11.5 Å². The summed E-state index contributed by atoms with van der Waals surface area (Å²) in [6.45, 7) is 2.30. The molecule has 2 heterocycles. The standard InChI is InChI=1S/C20H23NO2S/c1-22-18-11-15-16(12-19(18)23-2)20(13-21-10-6-9-17(15)21)24-14-7-4-3-5-8-14/h3-5,7-8,11-12,17,20H,6,9-10,13H2,1-2H3/t17-,20?/m0/s1. The molecular formula is C20H23NO2S. The van der Waals surface area contributed by atoms with Crippen LogP contribution in [-0.4, -0.2) is 32.2 Å². The number of rotatable bonds is 4. The van der Waals surface area contributed by atoms with E-state index in [1.807, 2.05) is 11.8 Å². The Balaban J connectivity index is 1.76. The summed E-state index contributed by atoms with van der Waals surface area (Å²) in [6, 6.07) is 15.6. The molecule has 2 atom stereocenters. The van der Waals surface area contributed by atoms with Crippen LogP contribution < -0.4 is 9.47 Å². The Kier molecular flexibility index (Phi) is 4.42. The smallest absolute Gasteiger partial charge is 0.161 e. The van der Waals surface area contributed by atoms with E-state index in [1.54, 1.807) is 14.2 Å². The Hall–Kier alpha value is -1.65. The van der Waals surface area contributed by atoms with E-state index in [-0.39, 0.29) is 0 Å². The average molecular weight is 341 g/mol. The Morgan fingerprint density at radius 3 is 2.42 bits per heavy atom. The lowest BCUT2D eigenvalue weighted by Crippen LogP contribution is -2.33. The molecule has 0 N–H and O–H groups in total. The second kappa shape index (κ2) is 6.69. The molecule has 2 aromatic carbocycles. The number of hydrogen-bond acceptors (Lipinski definition) is 4. The Morgan fingerprint density at radius 1 is 1.00 bits per heavy atom. The van der Waals surface area contributed by atoms with Gasteiger partial charge in [0, 0.05) is 22.7 Å². The van der Waals surface area contributed by atoms with Crippen molar-refractivity contribution in [1.82, 2.24) is 4.90 Å². The van der Waals surface area contributed by atoms with Crippen molar-refractivity contribution < 1.29 is 9.47 Å². The highest BCUT2D eigenvalue weighted by atomic mass is 32.2. The molecule has 24 heavy (non-hydrogen) atoms. The summed E-state index contributed by atoms with van der Waals surface area (Å²) in [6.07, 6.45) is 2.52. The molecule has 0 saturated carbocycles. The molecule has 0 spiro atoms. The van der Waals surface area contributed by atoms with Gasteiger partial charge in [-0.15, -0.1) is 11.8 Å². The Bertz CT molecular complexity index is 719. The molecule has 1 saturated heterocycles. The summed E-state index contributed by atoms with van der Waals surface area (Å²) >= 11 is 1.95. The first-order valence-electron chi connectivity index (χ1n) is 8.51.